The molecule has 0 spiro atoms. The van der Waals surface area contributed by atoms with Gasteiger partial charge in [0.1, 0.15) is 5.82 Å². The highest BCUT2D eigenvalue weighted by atomic mass is 19.1. The molecule has 2 saturated heterocycles. The average Bonchev–Trinajstić information content (AvgIpc) is 3.10. The van der Waals surface area contributed by atoms with Crippen molar-refractivity contribution >= 4 is 23.5 Å². The van der Waals surface area contributed by atoms with Crippen LogP contribution in [0, 0.1) is 17.7 Å². The van der Waals surface area contributed by atoms with Crippen LogP contribution in [-0.2, 0) is 14.4 Å². The third kappa shape index (κ3) is 2.74. The number of carbonyl (C=O) groups excluding carboxylic acids is 2. The van der Waals surface area contributed by atoms with Crippen LogP contribution >= 0.6 is 0 Å². The number of anilines is 1. The van der Waals surface area contributed by atoms with E-state index in [0.717, 1.165) is 0 Å². The second-order valence-corrected chi connectivity index (χ2v) is 6.36. The summed E-state index contributed by atoms with van der Waals surface area (Å²) in [6.07, 6.45) is 0.439. The second kappa shape index (κ2) is 6.22. The van der Waals surface area contributed by atoms with Crippen molar-refractivity contribution in [2.75, 3.05) is 18.0 Å². The van der Waals surface area contributed by atoms with Gasteiger partial charge in [-0.2, -0.15) is 0 Å². The number of nitrogens with zero attached hydrogens (tertiary/aromatic N) is 2. The first kappa shape index (κ1) is 16.4. The molecular weight excluding hydrogens is 315 g/mol. The normalized spacial score (nSPS) is 26.9. The summed E-state index contributed by atoms with van der Waals surface area (Å²) in [6.45, 7) is 2.22. The van der Waals surface area contributed by atoms with Crippen molar-refractivity contribution in [3.8, 4) is 0 Å². The molecule has 0 aromatic heterocycles. The molecule has 0 bridgehead atoms. The smallest absolute Gasteiger partial charge is 0.308 e. The molecule has 0 radical (unpaired) electrons. The van der Waals surface area contributed by atoms with Gasteiger partial charge in [0.05, 0.1) is 17.5 Å². The fraction of sp³-hybridized carbons (Fsp3) is 0.471. The van der Waals surface area contributed by atoms with E-state index in [1.54, 1.807) is 24.0 Å². The van der Waals surface area contributed by atoms with Crippen LogP contribution in [0.5, 0.6) is 0 Å². The van der Waals surface area contributed by atoms with Crippen LogP contribution in [0.4, 0.5) is 10.1 Å². The summed E-state index contributed by atoms with van der Waals surface area (Å²) in [7, 11) is 0. The fourth-order valence-electron chi connectivity index (χ4n) is 3.59. The molecule has 3 rings (SSSR count). The summed E-state index contributed by atoms with van der Waals surface area (Å²) >= 11 is 0. The lowest BCUT2D eigenvalue weighted by atomic mass is 10.0. The quantitative estimate of drug-likeness (QED) is 0.909. The zero-order valence-corrected chi connectivity index (χ0v) is 13.3. The largest absolute Gasteiger partial charge is 0.481 e. The van der Waals surface area contributed by atoms with Gasteiger partial charge in [0, 0.05) is 25.6 Å². The highest BCUT2D eigenvalue weighted by Crippen LogP contribution is 2.31. The lowest BCUT2D eigenvalue weighted by Gasteiger charge is -2.26. The van der Waals surface area contributed by atoms with Gasteiger partial charge in [0.15, 0.2) is 0 Å². The highest BCUT2D eigenvalue weighted by molar-refractivity contribution is 6.00. The van der Waals surface area contributed by atoms with Crippen LogP contribution in [0.25, 0.3) is 0 Å². The molecule has 128 valence electrons. The Bertz CT molecular complexity index is 693. The number of halogens is 1. The van der Waals surface area contributed by atoms with Crippen molar-refractivity contribution < 1.29 is 23.9 Å². The van der Waals surface area contributed by atoms with Crippen LogP contribution in [0.15, 0.2) is 24.3 Å². The first-order valence-corrected chi connectivity index (χ1v) is 7.98. The van der Waals surface area contributed by atoms with E-state index in [0.29, 0.717) is 13.0 Å². The van der Waals surface area contributed by atoms with E-state index in [-0.39, 0.29) is 30.5 Å². The number of benzene rings is 1. The van der Waals surface area contributed by atoms with Crippen molar-refractivity contribution in [1.29, 1.82) is 0 Å². The van der Waals surface area contributed by atoms with E-state index in [2.05, 4.69) is 0 Å². The minimum Gasteiger partial charge on any atom is -0.481 e. The molecule has 0 saturated carbocycles. The molecular formula is C17H19FN2O4. The molecule has 0 aliphatic carbocycles. The SMILES string of the molecule is CC1C(C(=O)O)CCN1C(=O)C1CC(=O)N(c2ccccc2F)C1. The number of hydrogen-bond donors (Lipinski definition) is 1. The van der Waals surface area contributed by atoms with Gasteiger partial charge < -0.3 is 14.9 Å². The molecule has 3 atom stereocenters. The van der Waals surface area contributed by atoms with Gasteiger partial charge in [-0.1, -0.05) is 12.1 Å². The monoisotopic (exact) mass is 334 g/mol. The third-order valence-corrected chi connectivity index (χ3v) is 4.97. The summed E-state index contributed by atoms with van der Waals surface area (Å²) < 4.78 is 13.9. The number of carboxylic acids is 1. The Balaban J connectivity index is 1.73. The van der Waals surface area contributed by atoms with Gasteiger partial charge in [-0.25, -0.2) is 4.39 Å². The van der Waals surface area contributed by atoms with E-state index >= 15 is 0 Å². The Kier molecular flexibility index (Phi) is 4.26. The summed E-state index contributed by atoms with van der Waals surface area (Å²) in [5, 5.41) is 9.17. The molecule has 2 aliphatic rings. The molecule has 24 heavy (non-hydrogen) atoms. The molecule has 2 amide bonds. The fourth-order valence-corrected chi connectivity index (χ4v) is 3.59. The maximum atomic E-state index is 13.9. The minimum absolute atomic E-state index is 0.0220. The number of rotatable bonds is 3. The van der Waals surface area contributed by atoms with Crippen LogP contribution in [0.2, 0.25) is 0 Å². The van der Waals surface area contributed by atoms with Gasteiger partial charge in [-0.05, 0) is 25.5 Å². The first-order chi connectivity index (χ1) is 11.4. The topological polar surface area (TPSA) is 77.9 Å². The summed E-state index contributed by atoms with van der Waals surface area (Å²) in [5.41, 5.74) is 0.177. The van der Waals surface area contributed by atoms with Crippen LogP contribution in [0.1, 0.15) is 19.8 Å². The van der Waals surface area contributed by atoms with E-state index in [1.807, 2.05) is 0 Å². The van der Waals surface area contributed by atoms with Gasteiger partial charge in [0.2, 0.25) is 11.8 Å². The zero-order valence-electron chi connectivity index (χ0n) is 13.3. The Hall–Kier alpha value is -2.44. The number of amides is 2. The third-order valence-electron chi connectivity index (χ3n) is 4.97. The number of carboxylic acid groups (broad SMARTS) is 1. The Morgan fingerprint density at radius 3 is 2.62 bits per heavy atom. The predicted octanol–water partition coefficient (Wildman–Crippen LogP) is 1.50. The van der Waals surface area contributed by atoms with Crippen LogP contribution in [-0.4, -0.2) is 46.9 Å². The van der Waals surface area contributed by atoms with Gasteiger partial charge in [0.25, 0.3) is 0 Å². The lowest BCUT2D eigenvalue weighted by Crippen LogP contribution is -2.41. The standard InChI is InChI=1S/C17H19FN2O4/c1-10-12(17(23)24)6-7-19(10)16(22)11-8-15(21)20(9-11)14-5-3-2-4-13(14)18/h2-5,10-12H,6-9H2,1H3,(H,23,24). The van der Waals surface area contributed by atoms with E-state index in [9.17, 15) is 18.8 Å². The Labute approximate surface area is 138 Å². The van der Waals surface area contributed by atoms with Crippen molar-refractivity contribution in [2.45, 2.75) is 25.8 Å². The molecule has 1 N–H and O–H groups in total. The number of aliphatic carboxylic acids is 1. The van der Waals surface area contributed by atoms with Crippen LogP contribution in [0.3, 0.4) is 0 Å². The number of likely N-dealkylation sites (tertiary alicyclic amines) is 1. The molecule has 7 heteroatoms. The predicted molar refractivity (Wildman–Crippen MR) is 83.8 cm³/mol. The maximum Gasteiger partial charge on any atom is 0.308 e. The molecule has 6 nitrogen and oxygen atoms in total. The van der Waals surface area contributed by atoms with Crippen molar-refractivity contribution in [3.63, 3.8) is 0 Å². The Morgan fingerprint density at radius 2 is 2.00 bits per heavy atom. The van der Waals surface area contributed by atoms with Crippen LogP contribution < -0.4 is 4.90 Å². The van der Waals surface area contributed by atoms with Crippen molar-refractivity contribution in [2.24, 2.45) is 11.8 Å². The molecule has 1 aromatic rings. The molecule has 1 aromatic carbocycles. The maximum absolute atomic E-state index is 13.9. The van der Waals surface area contributed by atoms with Crippen molar-refractivity contribution in [1.82, 2.24) is 4.90 Å². The van der Waals surface area contributed by atoms with E-state index < -0.39 is 29.7 Å². The van der Waals surface area contributed by atoms with E-state index in [1.165, 1.54) is 17.0 Å². The number of hydrogen-bond acceptors (Lipinski definition) is 3. The summed E-state index contributed by atoms with van der Waals surface area (Å²) in [5.74, 6) is -3.06. The first-order valence-electron chi connectivity index (χ1n) is 7.98. The molecule has 2 heterocycles. The summed E-state index contributed by atoms with van der Waals surface area (Å²) in [4.78, 5) is 38.9. The average molecular weight is 334 g/mol. The summed E-state index contributed by atoms with van der Waals surface area (Å²) in [6, 6.07) is 5.57. The van der Waals surface area contributed by atoms with E-state index in [4.69, 9.17) is 5.11 Å². The molecule has 2 fully saturated rings. The van der Waals surface area contributed by atoms with Gasteiger partial charge in [-0.15, -0.1) is 0 Å². The second-order valence-electron chi connectivity index (χ2n) is 6.36. The lowest BCUT2D eigenvalue weighted by molar-refractivity contribution is -0.143. The highest BCUT2D eigenvalue weighted by Gasteiger charge is 2.43. The van der Waals surface area contributed by atoms with Crippen molar-refractivity contribution in [3.05, 3.63) is 30.1 Å². The Morgan fingerprint density at radius 1 is 1.29 bits per heavy atom. The molecule has 3 unspecified atom stereocenters. The number of carbonyl (C=O) groups is 3. The van der Waals surface area contributed by atoms with Gasteiger partial charge in [-0.3, -0.25) is 14.4 Å². The zero-order chi connectivity index (χ0) is 17.4. The number of para-hydroxylation sites is 1. The minimum atomic E-state index is -0.909. The molecule has 2 aliphatic heterocycles. The van der Waals surface area contributed by atoms with Gasteiger partial charge >= 0.3 is 5.97 Å².